The minimum atomic E-state index is -0.511. The second-order valence-corrected chi connectivity index (χ2v) is 4.28. The summed E-state index contributed by atoms with van der Waals surface area (Å²) in [4.78, 5) is 16.2. The third-order valence-corrected chi connectivity index (χ3v) is 2.84. The molecular formula is C15H15N3O3. The van der Waals surface area contributed by atoms with E-state index in [0.717, 1.165) is 0 Å². The van der Waals surface area contributed by atoms with E-state index >= 15 is 0 Å². The lowest BCUT2D eigenvalue weighted by Gasteiger charge is -2.11. The molecule has 0 radical (unpaired) electrons. The van der Waals surface area contributed by atoms with Crippen LogP contribution >= 0.6 is 0 Å². The van der Waals surface area contributed by atoms with E-state index in [4.69, 9.17) is 14.4 Å². The lowest BCUT2D eigenvalue weighted by atomic mass is 10.1. The van der Waals surface area contributed by atoms with Crippen LogP contribution in [0.3, 0.4) is 0 Å². The first kappa shape index (κ1) is 14.6. The topological polar surface area (TPSA) is 88.2 Å². The molecule has 0 aliphatic rings. The van der Waals surface area contributed by atoms with Crippen LogP contribution in [0, 0.1) is 18.3 Å². The van der Waals surface area contributed by atoms with E-state index in [9.17, 15) is 4.79 Å². The maximum absolute atomic E-state index is 12.0. The molecule has 0 saturated carbocycles. The Morgan fingerprint density at radius 2 is 2.38 bits per heavy atom. The van der Waals surface area contributed by atoms with E-state index in [1.165, 1.54) is 6.07 Å². The van der Waals surface area contributed by atoms with Gasteiger partial charge < -0.3 is 14.5 Å². The standard InChI is InChI=1S/C15H15N3O3/c1-3-20-15(19)13-7-11(8-16)10(2)18-14(13)17-9-12-5-4-6-21-12/h4-7H,3,9H2,1-2H3,(H,17,18). The second-order valence-electron chi connectivity index (χ2n) is 4.28. The summed E-state index contributed by atoms with van der Waals surface area (Å²) in [6.07, 6.45) is 1.57. The maximum atomic E-state index is 12.0. The molecule has 108 valence electrons. The number of hydrogen-bond acceptors (Lipinski definition) is 6. The molecule has 6 heteroatoms. The Morgan fingerprint density at radius 3 is 3.00 bits per heavy atom. The third kappa shape index (κ3) is 3.39. The zero-order valence-corrected chi connectivity index (χ0v) is 11.8. The molecule has 0 fully saturated rings. The Hall–Kier alpha value is -2.81. The number of aromatic nitrogens is 1. The molecule has 0 atom stereocenters. The highest BCUT2D eigenvalue weighted by molar-refractivity contribution is 5.95. The number of nitrogens with zero attached hydrogens (tertiary/aromatic N) is 2. The Labute approximate surface area is 122 Å². The number of ether oxygens (including phenoxy) is 1. The Morgan fingerprint density at radius 1 is 1.57 bits per heavy atom. The number of pyridine rings is 1. The number of carbonyl (C=O) groups excluding carboxylic acids is 1. The predicted octanol–water partition coefficient (Wildman–Crippen LogP) is 2.64. The zero-order chi connectivity index (χ0) is 15.2. The minimum Gasteiger partial charge on any atom is -0.467 e. The van der Waals surface area contributed by atoms with Gasteiger partial charge in [-0.3, -0.25) is 0 Å². The number of hydrogen-bond donors (Lipinski definition) is 1. The van der Waals surface area contributed by atoms with Crippen LogP contribution in [0.2, 0.25) is 0 Å². The van der Waals surface area contributed by atoms with Crippen molar-refractivity contribution >= 4 is 11.8 Å². The average Bonchev–Trinajstić information content (AvgIpc) is 2.98. The first-order valence-corrected chi connectivity index (χ1v) is 6.50. The highest BCUT2D eigenvalue weighted by Crippen LogP contribution is 2.19. The number of aryl methyl sites for hydroxylation is 1. The summed E-state index contributed by atoms with van der Waals surface area (Å²) >= 11 is 0. The van der Waals surface area contributed by atoms with Gasteiger partial charge in [0.2, 0.25) is 0 Å². The lowest BCUT2D eigenvalue weighted by molar-refractivity contribution is 0.0527. The van der Waals surface area contributed by atoms with E-state index in [1.807, 2.05) is 12.1 Å². The summed E-state index contributed by atoms with van der Waals surface area (Å²) < 4.78 is 10.2. The summed E-state index contributed by atoms with van der Waals surface area (Å²) in [6, 6.07) is 7.10. The van der Waals surface area contributed by atoms with Crippen LogP contribution in [-0.2, 0) is 11.3 Å². The molecule has 0 saturated heterocycles. The van der Waals surface area contributed by atoms with Crippen molar-refractivity contribution in [1.29, 1.82) is 5.26 Å². The van der Waals surface area contributed by atoms with E-state index in [0.29, 0.717) is 29.4 Å². The zero-order valence-electron chi connectivity index (χ0n) is 11.8. The van der Waals surface area contributed by atoms with Gasteiger partial charge >= 0.3 is 5.97 Å². The van der Waals surface area contributed by atoms with Gasteiger partial charge in [0.05, 0.1) is 30.7 Å². The monoisotopic (exact) mass is 285 g/mol. The van der Waals surface area contributed by atoms with Crippen molar-refractivity contribution in [3.05, 3.63) is 47.0 Å². The van der Waals surface area contributed by atoms with Gasteiger partial charge in [-0.25, -0.2) is 9.78 Å². The lowest BCUT2D eigenvalue weighted by Crippen LogP contribution is -2.12. The first-order chi connectivity index (χ1) is 10.2. The molecule has 2 heterocycles. The van der Waals surface area contributed by atoms with Crippen LogP contribution in [-0.4, -0.2) is 17.6 Å². The van der Waals surface area contributed by atoms with E-state index < -0.39 is 5.97 Å². The normalized spacial score (nSPS) is 9.95. The number of nitriles is 1. The van der Waals surface area contributed by atoms with Crippen molar-refractivity contribution in [2.45, 2.75) is 20.4 Å². The summed E-state index contributed by atoms with van der Waals surface area (Å²) in [5, 5.41) is 12.1. The van der Waals surface area contributed by atoms with Crippen molar-refractivity contribution in [2.24, 2.45) is 0 Å². The van der Waals surface area contributed by atoms with Crippen molar-refractivity contribution in [2.75, 3.05) is 11.9 Å². The molecule has 0 aromatic carbocycles. The molecule has 2 aromatic heterocycles. The Bertz CT molecular complexity index is 672. The highest BCUT2D eigenvalue weighted by Gasteiger charge is 2.17. The fourth-order valence-electron chi connectivity index (χ4n) is 1.80. The number of carbonyl (C=O) groups is 1. The number of rotatable bonds is 5. The molecule has 0 spiro atoms. The number of nitrogens with one attached hydrogen (secondary N) is 1. The quantitative estimate of drug-likeness (QED) is 0.849. The van der Waals surface area contributed by atoms with Crippen LogP contribution in [0.5, 0.6) is 0 Å². The molecule has 0 unspecified atom stereocenters. The van der Waals surface area contributed by atoms with Crippen LogP contribution in [0.1, 0.15) is 34.3 Å². The van der Waals surface area contributed by atoms with Gasteiger partial charge in [0.25, 0.3) is 0 Å². The molecule has 0 aliphatic heterocycles. The van der Waals surface area contributed by atoms with Gasteiger partial charge in [0.15, 0.2) is 0 Å². The Balaban J connectivity index is 2.31. The number of anilines is 1. The fraction of sp³-hybridized carbons (Fsp3) is 0.267. The van der Waals surface area contributed by atoms with Crippen molar-refractivity contribution in [3.63, 3.8) is 0 Å². The maximum Gasteiger partial charge on any atom is 0.341 e. The highest BCUT2D eigenvalue weighted by atomic mass is 16.5. The summed E-state index contributed by atoms with van der Waals surface area (Å²) in [7, 11) is 0. The summed E-state index contributed by atoms with van der Waals surface area (Å²) in [6.45, 7) is 4.08. The molecule has 1 N–H and O–H groups in total. The minimum absolute atomic E-state index is 0.241. The molecule has 0 bridgehead atoms. The van der Waals surface area contributed by atoms with Crippen molar-refractivity contribution in [3.8, 4) is 6.07 Å². The van der Waals surface area contributed by atoms with Gasteiger partial charge in [-0.1, -0.05) is 0 Å². The molecule has 2 rings (SSSR count). The van der Waals surface area contributed by atoms with Gasteiger partial charge in [0.1, 0.15) is 23.2 Å². The molecule has 21 heavy (non-hydrogen) atoms. The van der Waals surface area contributed by atoms with E-state index in [2.05, 4.69) is 10.3 Å². The van der Waals surface area contributed by atoms with Gasteiger partial charge in [-0.05, 0) is 32.0 Å². The predicted molar refractivity (Wildman–Crippen MR) is 75.7 cm³/mol. The first-order valence-electron chi connectivity index (χ1n) is 6.50. The summed E-state index contributed by atoms with van der Waals surface area (Å²) in [5.41, 5.74) is 1.14. The average molecular weight is 285 g/mol. The smallest absolute Gasteiger partial charge is 0.341 e. The number of furan rings is 1. The van der Waals surface area contributed by atoms with Gasteiger partial charge in [-0.15, -0.1) is 0 Å². The van der Waals surface area contributed by atoms with Crippen LogP contribution < -0.4 is 5.32 Å². The fourth-order valence-corrected chi connectivity index (χ4v) is 1.80. The largest absolute Gasteiger partial charge is 0.467 e. The van der Waals surface area contributed by atoms with Crippen molar-refractivity contribution < 1.29 is 13.9 Å². The summed E-state index contributed by atoms with van der Waals surface area (Å²) in [5.74, 6) is 0.582. The third-order valence-electron chi connectivity index (χ3n) is 2.84. The second kappa shape index (κ2) is 6.57. The number of esters is 1. The van der Waals surface area contributed by atoms with Gasteiger partial charge in [-0.2, -0.15) is 5.26 Å². The molecular weight excluding hydrogens is 270 g/mol. The van der Waals surface area contributed by atoms with Crippen LogP contribution in [0.4, 0.5) is 5.82 Å². The molecule has 6 nitrogen and oxygen atoms in total. The molecule has 0 aliphatic carbocycles. The Kier molecular flexibility index (Phi) is 4.57. The van der Waals surface area contributed by atoms with E-state index in [-0.39, 0.29) is 12.2 Å². The van der Waals surface area contributed by atoms with Crippen LogP contribution in [0.25, 0.3) is 0 Å². The van der Waals surface area contributed by atoms with Gasteiger partial charge in [0, 0.05) is 0 Å². The molecule has 2 aromatic rings. The SMILES string of the molecule is CCOC(=O)c1cc(C#N)c(C)nc1NCc1ccco1. The van der Waals surface area contributed by atoms with Crippen molar-refractivity contribution in [1.82, 2.24) is 4.98 Å². The van der Waals surface area contributed by atoms with E-state index in [1.54, 1.807) is 26.2 Å². The van der Waals surface area contributed by atoms with Crippen LogP contribution in [0.15, 0.2) is 28.9 Å². The molecule has 0 amide bonds.